The molecule has 1 aliphatic rings. The van der Waals surface area contributed by atoms with E-state index in [1.807, 2.05) is 32.2 Å². The summed E-state index contributed by atoms with van der Waals surface area (Å²) < 4.78 is 12.8. The van der Waals surface area contributed by atoms with Gasteiger partial charge in [0, 0.05) is 25.7 Å². The Balaban J connectivity index is 1.77. The summed E-state index contributed by atoms with van der Waals surface area (Å²) in [4.78, 5) is 11.3. The number of ether oxygens (including phenoxy) is 1. The fourth-order valence-corrected chi connectivity index (χ4v) is 2.78. The van der Waals surface area contributed by atoms with Crippen molar-refractivity contribution < 1.29 is 9.26 Å². The molecule has 1 aromatic carbocycles. The predicted octanol–water partition coefficient (Wildman–Crippen LogP) is 1.77. The number of aryl methyl sites for hydroxylation is 2. The van der Waals surface area contributed by atoms with Crippen LogP contribution in [-0.2, 0) is 11.8 Å². The number of nitrogens with zero attached hydrogens (tertiary/aromatic N) is 5. The molecule has 22 heavy (non-hydrogen) atoms. The van der Waals surface area contributed by atoms with Crippen molar-refractivity contribution in [1.82, 2.24) is 19.7 Å². The molecular weight excluding hydrogens is 282 g/mol. The number of anilines is 1. The second-order valence-electron chi connectivity index (χ2n) is 5.42. The molecule has 0 spiro atoms. The Labute approximate surface area is 127 Å². The molecular formula is C15H17N5O2. The van der Waals surface area contributed by atoms with E-state index >= 15 is 0 Å². The highest BCUT2D eigenvalue weighted by molar-refractivity contribution is 5.83. The average molecular weight is 299 g/mol. The van der Waals surface area contributed by atoms with E-state index in [2.05, 4.69) is 19.6 Å². The van der Waals surface area contributed by atoms with Crippen LogP contribution in [0, 0.1) is 6.92 Å². The first-order valence-corrected chi connectivity index (χ1v) is 7.32. The van der Waals surface area contributed by atoms with Crippen LogP contribution in [0.2, 0.25) is 0 Å². The molecule has 0 saturated carbocycles. The highest BCUT2D eigenvalue weighted by Gasteiger charge is 2.18. The van der Waals surface area contributed by atoms with Crippen molar-refractivity contribution in [2.75, 3.05) is 31.2 Å². The molecule has 0 radical (unpaired) electrons. The van der Waals surface area contributed by atoms with Crippen molar-refractivity contribution in [1.29, 1.82) is 0 Å². The van der Waals surface area contributed by atoms with Gasteiger partial charge < -0.3 is 18.7 Å². The highest BCUT2D eigenvalue weighted by Crippen LogP contribution is 2.26. The number of hydrogen-bond acceptors (Lipinski definition) is 6. The van der Waals surface area contributed by atoms with Crippen LogP contribution >= 0.6 is 0 Å². The van der Waals surface area contributed by atoms with E-state index in [9.17, 15) is 0 Å². The van der Waals surface area contributed by atoms with Crippen LogP contribution in [0.3, 0.4) is 0 Å². The van der Waals surface area contributed by atoms with Crippen molar-refractivity contribution in [2.45, 2.75) is 6.92 Å². The van der Waals surface area contributed by atoms with Crippen LogP contribution in [0.5, 0.6) is 0 Å². The fraction of sp³-hybridized carbons (Fsp3) is 0.400. The van der Waals surface area contributed by atoms with Crippen LogP contribution in [-0.4, -0.2) is 46.0 Å². The van der Waals surface area contributed by atoms with Gasteiger partial charge in [-0.3, -0.25) is 0 Å². The molecule has 0 atom stereocenters. The largest absolute Gasteiger partial charge is 0.378 e. The number of fused-ring (bicyclic) bond motifs is 1. The smallest absolute Gasteiger partial charge is 0.257 e. The maximum atomic E-state index is 5.41. The Morgan fingerprint density at radius 3 is 2.68 bits per heavy atom. The Kier molecular flexibility index (Phi) is 3.07. The first kappa shape index (κ1) is 13.3. The fourth-order valence-electron chi connectivity index (χ4n) is 2.78. The van der Waals surface area contributed by atoms with E-state index in [1.54, 1.807) is 0 Å². The molecule has 4 rings (SSSR count). The van der Waals surface area contributed by atoms with Gasteiger partial charge in [-0.05, 0) is 25.1 Å². The van der Waals surface area contributed by atoms with Crippen LogP contribution in [0.25, 0.3) is 22.5 Å². The zero-order chi connectivity index (χ0) is 15.1. The third kappa shape index (κ3) is 2.14. The first-order chi connectivity index (χ1) is 10.7. The molecule has 114 valence electrons. The molecule has 1 saturated heterocycles. The monoisotopic (exact) mass is 299 g/mol. The molecule has 0 unspecified atom stereocenters. The number of aromatic nitrogens is 4. The number of imidazole rings is 1. The van der Waals surface area contributed by atoms with Gasteiger partial charge in [0.1, 0.15) is 0 Å². The maximum Gasteiger partial charge on any atom is 0.257 e. The summed E-state index contributed by atoms with van der Waals surface area (Å²) in [5, 5.41) is 3.84. The van der Waals surface area contributed by atoms with E-state index in [0.717, 1.165) is 48.8 Å². The summed E-state index contributed by atoms with van der Waals surface area (Å²) in [6, 6.07) is 6.02. The molecule has 0 aliphatic carbocycles. The Morgan fingerprint density at radius 2 is 1.95 bits per heavy atom. The molecule has 0 N–H and O–H groups in total. The van der Waals surface area contributed by atoms with E-state index in [0.29, 0.717) is 11.7 Å². The second-order valence-corrected chi connectivity index (χ2v) is 5.42. The van der Waals surface area contributed by atoms with Gasteiger partial charge in [-0.1, -0.05) is 5.16 Å². The van der Waals surface area contributed by atoms with Gasteiger partial charge in [0.2, 0.25) is 5.95 Å². The number of hydrogen-bond donors (Lipinski definition) is 0. The van der Waals surface area contributed by atoms with Crippen molar-refractivity contribution in [3.05, 3.63) is 24.0 Å². The summed E-state index contributed by atoms with van der Waals surface area (Å²) in [5.74, 6) is 2.13. The van der Waals surface area contributed by atoms with Gasteiger partial charge in [-0.25, -0.2) is 4.98 Å². The van der Waals surface area contributed by atoms with Gasteiger partial charge in [0.05, 0.1) is 24.2 Å². The molecule has 1 fully saturated rings. The Bertz CT molecular complexity index is 817. The first-order valence-electron chi connectivity index (χ1n) is 7.32. The third-order valence-corrected chi connectivity index (χ3v) is 3.93. The molecule has 7 nitrogen and oxygen atoms in total. The van der Waals surface area contributed by atoms with E-state index in [-0.39, 0.29) is 0 Å². The Morgan fingerprint density at radius 1 is 1.14 bits per heavy atom. The summed E-state index contributed by atoms with van der Waals surface area (Å²) in [7, 11) is 2.04. The lowest BCUT2D eigenvalue weighted by Gasteiger charge is -2.27. The van der Waals surface area contributed by atoms with Crippen LogP contribution in [0.1, 0.15) is 5.82 Å². The standard InChI is InChI=1S/C15H17N5O2/c1-10-16-14(22-18-10)11-3-4-13-12(9-11)17-15(19(13)2)20-5-7-21-8-6-20/h3-4,9H,5-8H2,1-2H3. The molecule has 3 aromatic rings. The van der Waals surface area contributed by atoms with E-state index < -0.39 is 0 Å². The average Bonchev–Trinajstić information content (AvgIpc) is 3.12. The number of rotatable bonds is 2. The van der Waals surface area contributed by atoms with Gasteiger partial charge in [-0.15, -0.1) is 0 Å². The lowest BCUT2D eigenvalue weighted by Crippen LogP contribution is -2.37. The zero-order valence-electron chi connectivity index (χ0n) is 12.6. The topological polar surface area (TPSA) is 69.2 Å². The highest BCUT2D eigenvalue weighted by atomic mass is 16.5. The predicted molar refractivity (Wildman–Crippen MR) is 81.8 cm³/mol. The third-order valence-electron chi connectivity index (χ3n) is 3.93. The molecule has 1 aliphatic heterocycles. The number of morpholine rings is 1. The van der Waals surface area contributed by atoms with Crippen molar-refractivity contribution >= 4 is 17.0 Å². The SMILES string of the molecule is Cc1noc(-c2ccc3c(c2)nc(N2CCOCC2)n3C)n1. The maximum absolute atomic E-state index is 5.41. The Hall–Kier alpha value is -2.41. The molecule has 7 heteroatoms. The second kappa shape index (κ2) is 5.10. The molecule has 2 aromatic heterocycles. The molecule has 0 amide bonds. The summed E-state index contributed by atoms with van der Waals surface area (Å²) in [6.45, 7) is 5.04. The number of benzene rings is 1. The minimum Gasteiger partial charge on any atom is -0.378 e. The van der Waals surface area contributed by atoms with Crippen molar-refractivity contribution in [3.8, 4) is 11.5 Å². The molecule has 3 heterocycles. The quantitative estimate of drug-likeness (QED) is 0.718. The van der Waals surface area contributed by atoms with E-state index in [1.165, 1.54) is 0 Å². The van der Waals surface area contributed by atoms with Gasteiger partial charge >= 0.3 is 0 Å². The lowest BCUT2D eigenvalue weighted by atomic mass is 10.2. The van der Waals surface area contributed by atoms with Crippen LogP contribution in [0.4, 0.5) is 5.95 Å². The van der Waals surface area contributed by atoms with Crippen LogP contribution in [0.15, 0.2) is 22.7 Å². The van der Waals surface area contributed by atoms with Crippen molar-refractivity contribution in [2.24, 2.45) is 7.05 Å². The lowest BCUT2D eigenvalue weighted by molar-refractivity contribution is 0.122. The summed E-state index contributed by atoms with van der Waals surface area (Å²) >= 11 is 0. The van der Waals surface area contributed by atoms with Gasteiger partial charge in [0.15, 0.2) is 5.82 Å². The van der Waals surface area contributed by atoms with Crippen molar-refractivity contribution in [3.63, 3.8) is 0 Å². The van der Waals surface area contributed by atoms with Gasteiger partial charge in [-0.2, -0.15) is 4.98 Å². The zero-order valence-corrected chi connectivity index (χ0v) is 12.6. The summed E-state index contributed by atoms with van der Waals surface area (Å²) in [6.07, 6.45) is 0. The summed E-state index contributed by atoms with van der Waals surface area (Å²) in [5.41, 5.74) is 2.90. The van der Waals surface area contributed by atoms with E-state index in [4.69, 9.17) is 14.2 Å². The van der Waals surface area contributed by atoms with Gasteiger partial charge in [0.25, 0.3) is 5.89 Å². The minimum absolute atomic E-state index is 0.526. The minimum atomic E-state index is 0.526. The molecule has 0 bridgehead atoms. The normalized spacial score (nSPS) is 15.6. The van der Waals surface area contributed by atoms with Crippen LogP contribution < -0.4 is 4.90 Å².